The van der Waals surface area contributed by atoms with E-state index in [0.717, 1.165) is 18.7 Å². The molecule has 28 heavy (non-hydrogen) atoms. The Hall–Kier alpha value is -3.15. The summed E-state index contributed by atoms with van der Waals surface area (Å²) in [5.74, 6) is -0.351. The number of carbonyl (C=O) groups excluding carboxylic acids is 1. The Morgan fingerprint density at radius 3 is 2.57 bits per heavy atom. The van der Waals surface area contributed by atoms with Crippen LogP contribution < -0.4 is 15.8 Å². The molecule has 0 saturated carbocycles. The van der Waals surface area contributed by atoms with Crippen LogP contribution in [0, 0.1) is 0 Å². The number of anilines is 1. The Morgan fingerprint density at radius 1 is 1.07 bits per heavy atom. The molecule has 3 heterocycles. The predicted octanol–water partition coefficient (Wildman–Crippen LogP) is 3.18. The van der Waals surface area contributed by atoms with Crippen LogP contribution in [0.25, 0.3) is 5.65 Å². The van der Waals surface area contributed by atoms with Gasteiger partial charge >= 0.3 is 0 Å². The number of rotatable bonds is 4. The Bertz CT molecular complexity index is 1040. The van der Waals surface area contributed by atoms with Gasteiger partial charge in [-0.15, -0.1) is 0 Å². The third-order valence-corrected chi connectivity index (χ3v) is 5.27. The minimum absolute atomic E-state index is 0.132. The lowest BCUT2D eigenvalue weighted by molar-refractivity contribution is 0.0935. The van der Waals surface area contributed by atoms with Crippen molar-refractivity contribution >= 4 is 17.2 Å². The van der Waals surface area contributed by atoms with Gasteiger partial charge in [0.05, 0.1) is 6.04 Å². The van der Waals surface area contributed by atoms with Crippen molar-refractivity contribution in [1.29, 1.82) is 0 Å². The summed E-state index contributed by atoms with van der Waals surface area (Å²) in [7, 11) is 0. The molecule has 0 aliphatic carbocycles. The van der Waals surface area contributed by atoms with Gasteiger partial charge < -0.3 is 10.2 Å². The third kappa shape index (κ3) is 3.76. The van der Waals surface area contributed by atoms with Crippen LogP contribution in [0.4, 0.5) is 5.69 Å². The highest BCUT2D eigenvalue weighted by molar-refractivity contribution is 5.92. The Labute approximate surface area is 163 Å². The van der Waals surface area contributed by atoms with Crippen LogP contribution in [0.2, 0.25) is 0 Å². The highest BCUT2D eigenvalue weighted by Crippen LogP contribution is 2.22. The van der Waals surface area contributed by atoms with Crippen LogP contribution in [-0.4, -0.2) is 28.4 Å². The molecule has 1 aliphatic heterocycles. The van der Waals surface area contributed by atoms with E-state index in [1.54, 1.807) is 24.4 Å². The Kier molecular flexibility index (Phi) is 5.10. The minimum atomic E-state index is -0.351. The standard InChI is InChI=1S/C22H24N4O2/c1-16(17-8-10-18(11-9-17)25-12-4-2-5-13-25)23-22(28)19-15-21(27)26-14-6-3-7-20(26)24-19/h3,6-11,14-16H,2,4-5,12-13H2,1H3,(H,23,28)/t16-/m0/s1. The van der Waals surface area contributed by atoms with Crippen LogP contribution in [0.1, 0.15) is 48.3 Å². The van der Waals surface area contributed by atoms with Gasteiger partial charge in [0.2, 0.25) is 0 Å². The fraction of sp³-hybridized carbons (Fsp3) is 0.318. The molecule has 1 aliphatic rings. The second kappa shape index (κ2) is 7.84. The van der Waals surface area contributed by atoms with Gasteiger partial charge in [0, 0.05) is 31.0 Å². The van der Waals surface area contributed by atoms with Crippen LogP contribution in [0.5, 0.6) is 0 Å². The lowest BCUT2D eigenvalue weighted by Gasteiger charge is -2.29. The fourth-order valence-corrected chi connectivity index (χ4v) is 3.65. The summed E-state index contributed by atoms with van der Waals surface area (Å²) in [6.45, 7) is 4.14. The van der Waals surface area contributed by atoms with Crippen LogP contribution in [0.3, 0.4) is 0 Å². The molecule has 2 aromatic heterocycles. The first kappa shape index (κ1) is 18.2. The molecule has 0 radical (unpaired) electrons. The molecule has 1 aromatic carbocycles. The molecule has 6 nitrogen and oxygen atoms in total. The predicted molar refractivity (Wildman–Crippen MR) is 110 cm³/mol. The van der Waals surface area contributed by atoms with Crippen LogP contribution in [0.15, 0.2) is 59.5 Å². The van der Waals surface area contributed by atoms with Crippen molar-refractivity contribution in [3.8, 4) is 0 Å². The summed E-state index contributed by atoms with van der Waals surface area (Å²) in [5.41, 5.74) is 2.57. The maximum atomic E-state index is 12.6. The molecule has 1 N–H and O–H groups in total. The number of piperidine rings is 1. The maximum absolute atomic E-state index is 12.6. The average molecular weight is 376 g/mol. The van der Waals surface area contributed by atoms with Gasteiger partial charge in [-0.05, 0) is 56.0 Å². The summed E-state index contributed by atoms with van der Waals surface area (Å²) in [6.07, 6.45) is 5.43. The van der Waals surface area contributed by atoms with E-state index >= 15 is 0 Å². The number of hydrogen-bond acceptors (Lipinski definition) is 4. The third-order valence-electron chi connectivity index (χ3n) is 5.27. The van der Waals surface area contributed by atoms with Crippen molar-refractivity contribution in [3.05, 3.63) is 76.3 Å². The molecular formula is C22H24N4O2. The SMILES string of the molecule is C[C@H](NC(=O)c1cc(=O)n2ccccc2n1)c1ccc(N2CCCCC2)cc1. The average Bonchev–Trinajstić information content (AvgIpc) is 2.74. The molecule has 0 bridgehead atoms. The van der Waals surface area contributed by atoms with Gasteiger partial charge in [-0.3, -0.25) is 14.0 Å². The molecule has 1 atom stereocenters. The summed E-state index contributed by atoms with van der Waals surface area (Å²) < 4.78 is 1.42. The maximum Gasteiger partial charge on any atom is 0.270 e. The molecule has 1 amide bonds. The number of amides is 1. The van der Waals surface area contributed by atoms with Crippen molar-refractivity contribution in [2.24, 2.45) is 0 Å². The minimum Gasteiger partial charge on any atom is -0.372 e. The monoisotopic (exact) mass is 376 g/mol. The van der Waals surface area contributed by atoms with Gasteiger partial charge in [0.15, 0.2) is 0 Å². The van der Waals surface area contributed by atoms with Crippen molar-refractivity contribution < 1.29 is 4.79 Å². The first-order valence-electron chi connectivity index (χ1n) is 9.76. The van der Waals surface area contributed by atoms with Gasteiger partial charge in [0.1, 0.15) is 11.3 Å². The van der Waals surface area contributed by atoms with E-state index in [-0.39, 0.29) is 23.2 Å². The van der Waals surface area contributed by atoms with Gasteiger partial charge in [-0.25, -0.2) is 4.98 Å². The zero-order valence-corrected chi connectivity index (χ0v) is 16.0. The number of aromatic nitrogens is 2. The van der Waals surface area contributed by atoms with E-state index in [2.05, 4.69) is 39.5 Å². The Balaban J connectivity index is 1.48. The molecule has 1 fully saturated rings. The van der Waals surface area contributed by atoms with Crippen LogP contribution in [-0.2, 0) is 0 Å². The molecule has 3 aromatic rings. The van der Waals surface area contributed by atoms with Crippen molar-refractivity contribution in [1.82, 2.24) is 14.7 Å². The van der Waals surface area contributed by atoms with E-state index in [1.165, 1.54) is 35.4 Å². The van der Waals surface area contributed by atoms with E-state index in [9.17, 15) is 9.59 Å². The summed E-state index contributed by atoms with van der Waals surface area (Å²) in [4.78, 5) is 31.5. The van der Waals surface area contributed by atoms with E-state index in [4.69, 9.17) is 0 Å². The quantitative estimate of drug-likeness (QED) is 0.759. The zero-order chi connectivity index (χ0) is 19.5. The smallest absolute Gasteiger partial charge is 0.270 e. The number of nitrogens with zero attached hydrogens (tertiary/aromatic N) is 3. The molecular weight excluding hydrogens is 352 g/mol. The number of benzene rings is 1. The van der Waals surface area contributed by atoms with E-state index < -0.39 is 0 Å². The molecule has 0 unspecified atom stereocenters. The van der Waals surface area contributed by atoms with Crippen molar-refractivity contribution in [3.63, 3.8) is 0 Å². The largest absolute Gasteiger partial charge is 0.372 e. The second-order valence-corrected chi connectivity index (χ2v) is 7.24. The highest BCUT2D eigenvalue weighted by atomic mass is 16.2. The highest BCUT2D eigenvalue weighted by Gasteiger charge is 2.16. The topological polar surface area (TPSA) is 66.7 Å². The summed E-state index contributed by atoms with van der Waals surface area (Å²) in [5, 5.41) is 2.94. The fourth-order valence-electron chi connectivity index (χ4n) is 3.65. The van der Waals surface area contributed by atoms with Crippen molar-refractivity contribution in [2.75, 3.05) is 18.0 Å². The molecule has 0 spiro atoms. The molecule has 144 valence electrons. The molecule has 4 rings (SSSR count). The second-order valence-electron chi connectivity index (χ2n) is 7.24. The van der Waals surface area contributed by atoms with Gasteiger partial charge in [-0.1, -0.05) is 18.2 Å². The first-order valence-corrected chi connectivity index (χ1v) is 9.76. The molecule has 1 saturated heterocycles. The summed E-state index contributed by atoms with van der Waals surface area (Å²) in [6, 6.07) is 14.7. The lowest BCUT2D eigenvalue weighted by Crippen LogP contribution is -2.30. The summed E-state index contributed by atoms with van der Waals surface area (Å²) >= 11 is 0. The number of nitrogens with one attached hydrogen (secondary N) is 1. The van der Waals surface area contributed by atoms with Crippen molar-refractivity contribution in [2.45, 2.75) is 32.2 Å². The Morgan fingerprint density at radius 2 is 1.82 bits per heavy atom. The van der Waals surface area contributed by atoms with E-state index in [1.807, 2.05) is 6.92 Å². The van der Waals surface area contributed by atoms with Crippen LogP contribution >= 0.6 is 0 Å². The molecule has 6 heteroatoms. The number of pyridine rings is 1. The van der Waals surface area contributed by atoms with E-state index in [0.29, 0.717) is 5.65 Å². The first-order chi connectivity index (χ1) is 13.6. The number of hydrogen-bond donors (Lipinski definition) is 1. The zero-order valence-electron chi connectivity index (χ0n) is 16.0. The normalized spacial score (nSPS) is 15.4. The van der Waals surface area contributed by atoms with Gasteiger partial charge in [-0.2, -0.15) is 0 Å². The lowest BCUT2D eigenvalue weighted by atomic mass is 10.1. The number of fused-ring (bicyclic) bond motifs is 1. The van der Waals surface area contributed by atoms with Gasteiger partial charge in [0.25, 0.3) is 11.5 Å². The number of carbonyl (C=O) groups is 1.